The van der Waals surface area contributed by atoms with E-state index < -0.39 is 17.7 Å². The summed E-state index contributed by atoms with van der Waals surface area (Å²) in [6.45, 7) is 4.01. The molecule has 1 saturated heterocycles. The van der Waals surface area contributed by atoms with E-state index in [2.05, 4.69) is 0 Å². The zero-order chi connectivity index (χ0) is 24.0. The van der Waals surface area contributed by atoms with Crippen molar-refractivity contribution in [3.63, 3.8) is 0 Å². The van der Waals surface area contributed by atoms with Crippen molar-refractivity contribution in [1.29, 1.82) is 0 Å². The van der Waals surface area contributed by atoms with Gasteiger partial charge in [-0.15, -0.1) is 0 Å². The van der Waals surface area contributed by atoms with Crippen molar-refractivity contribution in [3.05, 3.63) is 88.5 Å². The molecule has 0 radical (unpaired) electrons. The first kappa shape index (κ1) is 21.6. The second-order valence-electron chi connectivity index (χ2n) is 8.28. The number of carbonyl (C=O) groups is 2. The SMILES string of the molecule is COc1ccc(C2/C(=C(/O)c3ccc4c(c3)OCO4)C(=O)C(=O)N2c2ccc(C)c(C)c2)cc1. The highest BCUT2D eigenvalue weighted by Gasteiger charge is 2.47. The van der Waals surface area contributed by atoms with Crippen LogP contribution < -0.4 is 19.1 Å². The van der Waals surface area contributed by atoms with Crippen LogP contribution in [-0.2, 0) is 9.59 Å². The number of hydrogen-bond donors (Lipinski definition) is 1. The smallest absolute Gasteiger partial charge is 0.300 e. The zero-order valence-electron chi connectivity index (χ0n) is 19.0. The first-order valence-corrected chi connectivity index (χ1v) is 10.8. The Bertz CT molecular complexity index is 1340. The number of anilines is 1. The Kier molecular flexibility index (Phi) is 5.24. The van der Waals surface area contributed by atoms with Crippen molar-refractivity contribution < 1.29 is 28.9 Å². The van der Waals surface area contributed by atoms with Crippen LogP contribution in [0.25, 0.3) is 5.76 Å². The first-order valence-electron chi connectivity index (χ1n) is 10.8. The van der Waals surface area contributed by atoms with Crippen molar-refractivity contribution in [2.75, 3.05) is 18.8 Å². The van der Waals surface area contributed by atoms with Gasteiger partial charge in [0.05, 0.1) is 18.7 Å². The zero-order valence-corrected chi connectivity index (χ0v) is 19.0. The van der Waals surface area contributed by atoms with Gasteiger partial charge in [-0.1, -0.05) is 18.2 Å². The molecule has 2 aliphatic heterocycles. The van der Waals surface area contributed by atoms with Crippen molar-refractivity contribution in [1.82, 2.24) is 0 Å². The largest absolute Gasteiger partial charge is 0.507 e. The highest BCUT2D eigenvalue weighted by molar-refractivity contribution is 6.51. The van der Waals surface area contributed by atoms with Gasteiger partial charge in [-0.25, -0.2) is 0 Å². The topological polar surface area (TPSA) is 85.3 Å². The van der Waals surface area contributed by atoms with Gasteiger partial charge in [-0.05, 0) is 73.0 Å². The molecule has 0 spiro atoms. The number of amides is 1. The van der Waals surface area contributed by atoms with E-state index in [0.717, 1.165) is 11.1 Å². The fourth-order valence-corrected chi connectivity index (χ4v) is 4.28. The molecule has 3 aromatic carbocycles. The summed E-state index contributed by atoms with van der Waals surface area (Å²) in [4.78, 5) is 28.1. The number of benzene rings is 3. The van der Waals surface area contributed by atoms with Crippen LogP contribution in [0.3, 0.4) is 0 Å². The number of methoxy groups -OCH3 is 1. The number of carbonyl (C=O) groups excluding carboxylic acids is 2. The molecule has 2 heterocycles. The van der Waals surface area contributed by atoms with E-state index in [0.29, 0.717) is 34.1 Å². The predicted octanol–water partition coefficient (Wildman–Crippen LogP) is 4.67. The highest BCUT2D eigenvalue weighted by Crippen LogP contribution is 2.44. The molecule has 1 amide bonds. The van der Waals surface area contributed by atoms with Crippen molar-refractivity contribution in [3.8, 4) is 17.2 Å². The lowest BCUT2D eigenvalue weighted by atomic mass is 9.94. The van der Waals surface area contributed by atoms with E-state index in [1.807, 2.05) is 32.0 Å². The Morgan fingerprint density at radius 2 is 1.68 bits per heavy atom. The minimum Gasteiger partial charge on any atom is -0.507 e. The lowest BCUT2D eigenvalue weighted by Crippen LogP contribution is -2.29. The summed E-state index contributed by atoms with van der Waals surface area (Å²) in [5.74, 6) is -0.0701. The van der Waals surface area contributed by atoms with Gasteiger partial charge in [-0.3, -0.25) is 14.5 Å². The van der Waals surface area contributed by atoms with Gasteiger partial charge in [0, 0.05) is 11.3 Å². The number of aliphatic hydroxyl groups is 1. The van der Waals surface area contributed by atoms with E-state index in [-0.39, 0.29) is 18.1 Å². The van der Waals surface area contributed by atoms with E-state index >= 15 is 0 Å². The van der Waals surface area contributed by atoms with E-state index in [4.69, 9.17) is 14.2 Å². The van der Waals surface area contributed by atoms with Crippen LogP contribution >= 0.6 is 0 Å². The maximum atomic E-state index is 13.3. The van der Waals surface area contributed by atoms with Gasteiger partial charge in [-0.2, -0.15) is 0 Å². The number of nitrogens with zero attached hydrogens (tertiary/aromatic N) is 1. The monoisotopic (exact) mass is 457 g/mol. The standard InChI is InChI=1S/C27H23NO6/c1-15-4-8-19(12-16(15)2)28-24(17-5-9-20(32-3)10-6-17)23(26(30)27(28)31)25(29)18-7-11-21-22(13-18)34-14-33-21/h4-13,24,29H,14H2,1-3H3/b25-23-. The molecule has 0 aromatic heterocycles. The number of aliphatic hydroxyl groups excluding tert-OH is 1. The third kappa shape index (κ3) is 3.46. The van der Waals surface area contributed by atoms with Crippen molar-refractivity contribution in [2.45, 2.75) is 19.9 Å². The number of hydrogen-bond acceptors (Lipinski definition) is 6. The summed E-state index contributed by atoms with van der Waals surface area (Å²) in [5, 5.41) is 11.3. The number of ketones is 1. The number of aryl methyl sites for hydroxylation is 2. The first-order chi connectivity index (χ1) is 16.4. The third-order valence-corrected chi connectivity index (χ3v) is 6.29. The molecule has 34 heavy (non-hydrogen) atoms. The normalized spacial score (nSPS) is 18.4. The average molecular weight is 457 g/mol. The van der Waals surface area contributed by atoms with Crippen molar-refractivity contribution in [2.24, 2.45) is 0 Å². The second kappa shape index (κ2) is 8.26. The molecule has 7 heteroatoms. The van der Waals surface area contributed by atoms with E-state index in [9.17, 15) is 14.7 Å². The fraction of sp³-hybridized carbons (Fsp3) is 0.185. The molecule has 5 rings (SSSR count). The van der Waals surface area contributed by atoms with Crippen LogP contribution in [-0.4, -0.2) is 30.7 Å². The second-order valence-corrected chi connectivity index (χ2v) is 8.28. The molecule has 0 bridgehead atoms. The number of Topliss-reactive ketones (excluding diaryl/α,β-unsaturated/α-hetero) is 1. The fourth-order valence-electron chi connectivity index (χ4n) is 4.28. The van der Waals surface area contributed by atoms with Gasteiger partial charge in [0.1, 0.15) is 11.5 Å². The number of fused-ring (bicyclic) bond motifs is 1. The average Bonchev–Trinajstić information content (AvgIpc) is 3.42. The molecule has 1 unspecified atom stereocenters. The van der Waals surface area contributed by atoms with Gasteiger partial charge >= 0.3 is 0 Å². The molecular weight excluding hydrogens is 434 g/mol. The maximum Gasteiger partial charge on any atom is 0.300 e. The van der Waals surface area contributed by atoms with Gasteiger partial charge < -0.3 is 19.3 Å². The molecule has 1 N–H and O–H groups in total. The summed E-state index contributed by atoms with van der Waals surface area (Å²) < 4.78 is 16.0. The van der Waals surface area contributed by atoms with Crippen LogP contribution in [0.1, 0.15) is 28.3 Å². The van der Waals surface area contributed by atoms with E-state index in [1.54, 1.807) is 49.6 Å². The van der Waals surface area contributed by atoms with E-state index in [1.165, 1.54) is 4.90 Å². The quantitative estimate of drug-likeness (QED) is 0.348. The molecule has 1 fully saturated rings. The number of rotatable bonds is 4. The van der Waals surface area contributed by atoms with Crippen LogP contribution in [0.15, 0.2) is 66.2 Å². The van der Waals surface area contributed by atoms with Gasteiger partial charge in [0.15, 0.2) is 11.5 Å². The molecule has 0 saturated carbocycles. The Morgan fingerprint density at radius 1 is 0.941 bits per heavy atom. The minimum absolute atomic E-state index is 0.00672. The summed E-state index contributed by atoms with van der Waals surface area (Å²) >= 11 is 0. The Balaban J connectivity index is 1.70. The van der Waals surface area contributed by atoms with Crippen molar-refractivity contribution >= 4 is 23.1 Å². The highest BCUT2D eigenvalue weighted by atomic mass is 16.7. The molecule has 3 aromatic rings. The number of ether oxygens (including phenoxy) is 3. The predicted molar refractivity (Wildman–Crippen MR) is 126 cm³/mol. The van der Waals surface area contributed by atoms with Gasteiger partial charge in [0.25, 0.3) is 11.7 Å². The molecule has 7 nitrogen and oxygen atoms in total. The summed E-state index contributed by atoms with van der Waals surface area (Å²) in [6.07, 6.45) is 0. The Hall–Kier alpha value is -4.26. The maximum absolute atomic E-state index is 13.3. The van der Waals surface area contributed by atoms with Crippen LogP contribution in [0.5, 0.6) is 17.2 Å². The van der Waals surface area contributed by atoms with Crippen LogP contribution in [0, 0.1) is 13.8 Å². The summed E-state index contributed by atoms with van der Waals surface area (Å²) in [5.41, 5.74) is 3.68. The van der Waals surface area contributed by atoms with Gasteiger partial charge in [0.2, 0.25) is 6.79 Å². The van der Waals surface area contributed by atoms with Crippen LogP contribution in [0.2, 0.25) is 0 Å². The minimum atomic E-state index is -0.821. The molecular formula is C27H23NO6. The van der Waals surface area contributed by atoms with Crippen LogP contribution in [0.4, 0.5) is 5.69 Å². The third-order valence-electron chi connectivity index (χ3n) is 6.29. The Labute approximate surface area is 196 Å². The molecule has 0 aliphatic carbocycles. The lowest BCUT2D eigenvalue weighted by Gasteiger charge is -2.26. The molecule has 1 atom stereocenters. The molecule has 172 valence electrons. The molecule has 2 aliphatic rings. The Morgan fingerprint density at radius 3 is 2.38 bits per heavy atom. The summed E-state index contributed by atoms with van der Waals surface area (Å²) in [6, 6.07) is 16.8. The summed E-state index contributed by atoms with van der Waals surface area (Å²) in [7, 11) is 1.57. The lowest BCUT2D eigenvalue weighted by molar-refractivity contribution is -0.132.